The number of nitrogens with one attached hydrogen (secondary N) is 1. The second-order valence-corrected chi connectivity index (χ2v) is 7.49. The zero-order valence-electron chi connectivity index (χ0n) is 15.6. The fraction of sp³-hybridized carbons (Fsp3) is 0.750. The highest BCUT2D eigenvalue weighted by Crippen LogP contribution is 2.25. The van der Waals surface area contributed by atoms with Gasteiger partial charge in [-0.2, -0.15) is 13.2 Å². The lowest BCUT2D eigenvalue weighted by Crippen LogP contribution is -2.56. The van der Waals surface area contributed by atoms with Crippen molar-refractivity contribution in [3.63, 3.8) is 0 Å². The Morgan fingerprint density at radius 2 is 1.88 bits per heavy atom. The Morgan fingerprint density at radius 1 is 1.27 bits per heavy atom. The first-order chi connectivity index (χ1) is 11.7. The van der Waals surface area contributed by atoms with Crippen molar-refractivity contribution in [1.82, 2.24) is 20.1 Å². The summed E-state index contributed by atoms with van der Waals surface area (Å²) in [5, 5.41) is 4.37. The lowest BCUT2D eigenvalue weighted by molar-refractivity contribution is -0.181. The molecule has 0 bridgehead atoms. The molecule has 0 aliphatic carbocycles. The van der Waals surface area contributed by atoms with Crippen molar-refractivity contribution in [2.75, 3.05) is 39.8 Å². The number of hydrogen-bond donors (Lipinski definition) is 1. The first kappa shape index (κ1) is 23.4. The van der Waals surface area contributed by atoms with Crippen LogP contribution in [0.25, 0.3) is 0 Å². The summed E-state index contributed by atoms with van der Waals surface area (Å²) in [6.45, 7) is 7.81. The Labute approximate surface area is 174 Å². The standard InChI is InChI=1S/C16H26F3N5S.HI/c1-11-14(25-13(3)22-11)5-6-21-15(20-4)24-9-7-23(8-10-24)12(2)16(17,18)19;/h12H,5-10H2,1-4H3,(H,20,21);1H. The third kappa shape index (κ3) is 6.22. The third-order valence-electron chi connectivity index (χ3n) is 4.48. The zero-order chi connectivity index (χ0) is 18.6. The SMILES string of the molecule is CN=C(NCCc1sc(C)nc1C)N1CCN(C(C)C(F)(F)F)CC1.I. The second kappa shape index (κ2) is 10.1. The molecule has 0 radical (unpaired) electrons. The van der Waals surface area contributed by atoms with Crippen LogP contribution in [0.3, 0.4) is 0 Å². The molecule has 0 spiro atoms. The molecule has 26 heavy (non-hydrogen) atoms. The van der Waals surface area contributed by atoms with Crippen LogP contribution in [0.4, 0.5) is 13.2 Å². The Morgan fingerprint density at radius 3 is 2.35 bits per heavy atom. The highest BCUT2D eigenvalue weighted by Gasteiger charge is 2.41. The molecule has 2 heterocycles. The minimum absolute atomic E-state index is 0. The molecule has 1 aliphatic rings. The molecule has 1 atom stereocenters. The van der Waals surface area contributed by atoms with Crippen molar-refractivity contribution < 1.29 is 13.2 Å². The van der Waals surface area contributed by atoms with Gasteiger partial charge in [0.05, 0.1) is 10.7 Å². The Balaban J connectivity index is 0.00000338. The topological polar surface area (TPSA) is 43.8 Å². The summed E-state index contributed by atoms with van der Waals surface area (Å²) in [6.07, 6.45) is -3.31. The minimum Gasteiger partial charge on any atom is -0.356 e. The predicted octanol–water partition coefficient (Wildman–Crippen LogP) is 3.06. The van der Waals surface area contributed by atoms with Crippen LogP contribution < -0.4 is 5.32 Å². The van der Waals surface area contributed by atoms with Gasteiger partial charge in [-0.05, 0) is 20.8 Å². The van der Waals surface area contributed by atoms with Gasteiger partial charge in [0.25, 0.3) is 0 Å². The lowest BCUT2D eigenvalue weighted by Gasteiger charge is -2.39. The van der Waals surface area contributed by atoms with Crippen LogP contribution in [0, 0.1) is 13.8 Å². The summed E-state index contributed by atoms with van der Waals surface area (Å²) < 4.78 is 38.5. The van der Waals surface area contributed by atoms with Gasteiger partial charge in [-0.3, -0.25) is 9.89 Å². The maximum Gasteiger partial charge on any atom is 0.403 e. The maximum atomic E-state index is 12.8. The molecule has 1 fully saturated rings. The van der Waals surface area contributed by atoms with Crippen molar-refractivity contribution in [2.45, 2.75) is 39.4 Å². The van der Waals surface area contributed by atoms with E-state index >= 15 is 0 Å². The Kier molecular flexibility index (Phi) is 9.07. The molecular formula is C16H27F3IN5S. The van der Waals surface area contributed by atoms with Crippen LogP contribution in [-0.2, 0) is 6.42 Å². The van der Waals surface area contributed by atoms with E-state index in [0.29, 0.717) is 26.2 Å². The normalized spacial score (nSPS) is 17.8. The number of aryl methyl sites for hydroxylation is 2. The van der Waals surface area contributed by atoms with Gasteiger partial charge >= 0.3 is 6.18 Å². The largest absolute Gasteiger partial charge is 0.403 e. The summed E-state index contributed by atoms with van der Waals surface area (Å²) >= 11 is 1.70. The van der Waals surface area contributed by atoms with Gasteiger partial charge in [0, 0.05) is 51.1 Å². The van der Waals surface area contributed by atoms with Crippen LogP contribution in [0.1, 0.15) is 22.5 Å². The fourth-order valence-electron chi connectivity index (χ4n) is 2.95. The van der Waals surface area contributed by atoms with Gasteiger partial charge in [0.15, 0.2) is 5.96 Å². The number of nitrogens with zero attached hydrogens (tertiary/aromatic N) is 4. The average Bonchev–Trinajstić information content (AvgIpc) is 2.88. The molecule has 10 heteroatoms. The minimum atomic E-state index is -4.17. The number of aromatic nitrogens is 1. The molecule has 5 nitrogen and oxygen atoms in total. The fourth-order valence-corrected chi connectivity index (χ4v) is 3.89. The Hall–Kier alpha value is -0.620. The number of piperazine rings is 1. The first-order valence-corrected chi connectivity index (χ1v) is 9.23. The summed E-state index contributed by atoms with van der Waals surface area (Å²) in [4.78, 5) is 13.4. The van der Waals surface area contributed by atoms with Crippen LogP contribution in [0.15, 0.2) is 4.99 Å². The number of halogens is 4. The van der Waals surface area contributed by atoms with Gasteiger partial charge in [0.2, 0.25) is 0 Å². The second-order valence-electron chi connectivity index (χ2n) is 6.21. The van der Waals surface area contributed by atoms with E-state index in [1.807, 2.05) is 18.7 Å². The number of hydrogen-bond acceptors (Lipinski definition) is 4. The summed E-state index contributed by atoms with van der Waals surface area (Å²) in [5.41, 5.74) is 1.06. The monoisotopic (exact) mass is 505 g/mol. The lowest BCUT2D eigenvalue weighted by atomic mass is 10.2. The zero-order valence-corrected chi connectivity index (χ0v) is 18.7. The number of aliphatic imine (C=N–C) groups is 1. The molecule has 1 aromatic heterocycles. The molecule has 1 aromatic rings. The van der Waals surface area contributed by atoms with E-state index in [1.54, 1.807) is 18.4 Å². The molecule has 0 saturated carbocycles. The highest BCUT2D eigenvalue weighted by molar-refractivity contribution is 14.0. The molecule has 2 rings (SSSR count). The van der Waals surface area contributed by atoms with Crippen LogP contribution >= 0.6 is 35.3 Å². The summed E-state index contributed by atoms with van der Waals surface area (Å²) in [6, 6.07) is -1.40. The molecular weight excluding hydrogens is 478 g/mol. The quantitative estimate of drug-likeness (QED) is 0.388. The molecule has 0 amide bonds. The molecule has 1 unspecified atom stereocenters. The van der Waals surface area contributed by atoms with Crippen molar-refractivity contribution in [2.24, 2.45) is 4.99 Å². The van der Waals surface area contributed by atoms with E-state index in [-0.39, 0.29) is 24.0 Å². The smallest absolute Gasteiger partial charge is 0.356 e. The van der Waals surface area contributed by atoms with E-state index in [0.717, 1.165) is 29.6 Å². The van der Waals surface area contributed by atoms with E-state index < -0.39 is 12.2 Å². The third-order valence-corrected chi connectivity index (χ3v) is 5.61. The van der Waals surface area contributed by atoms with Gasteiger partial charge in [0.1, 0.15) is 6.04 Å². The molecule has 1 aliphatic heterocycles. The Bertz CT molecular complexity index is 597. The maximum absolute atomic E-state index is 12.8. The molecule has 1 N–H and O–H groups in total. The van der Waals surface area contributed by atoms with Gasteiger partial charge in [-0.15, -0.1) is 35.3 Å². The van der Waals surface area contributed by atoms with Crippen LogP contribution in [0.2, 0.25) is 0 Å². The first-order valence-electron chi connectivity index (χ1n) is 8.41. The highest BCUT2D eigenvalue weighted by atomic mass is 127. The van der Waals surface area contributed by atoms with E-state index in [2.05, 4.69) is 15.3 Å². The predicted molar refractivity (Wildman–Crippen MR) is 111 cm³/mol. The van der Waals surface area contributed by atoms with Crippen molar-refractivity contribution in [1.29, 1.82) is 0 Å². The van der Waals surface area contributed by atoms with Gasteiger partial charge < -0.3 is 10.2 Å². The number of alkyl halides is 3. The van der Waals surface area contributed by atoms with Crippen molar-refractivity contribution in [3.05, 3.63) is 15.6 Å². The van der Waals surface area contributed by atoms with Crippen LogP contribution in [0.5, 0.6) is 0 Å². The van der Waals surface area contributed by atoms with Crippen molar-refractivity contribution in [3.8, 4) is 0 Å². The molecule has 0 aromatic carbocycles. The summed E-state index contributed by atoms with van der Waals surface area (Å²) in [7, 11) is 1.70. The van der Waals surface area contributed by atoms with Crippen molar-refractivity contribution >= 4 is 41.3 Å². The van der Waals surface area contributed by atoms with E-state index in [4.69, 9.17) is 0 Å². The molecule has 1 saturated heterocycles. The number of thiazole rings is 1. The molecule has 150 valence electrons. The van der Waals surface area contributed by atoms with Gasteiger partial charge in [-0.1, -0.05) is 0 Å². The number of guanidine groups is 1. The number of rotatable bonds is 4. The average molecular weight is 505 g/mol. The van der Waals surface area contributed by atoms with E-state index in [9.17, 15) is 13.2 Å². The summed E-state index contributed by atoms with van der Waals surface area (Å²) in [5.74, 6) is 0.748. The van der Waals surface area contributed by atoms with E-state index in [1.165, 1.54) is 16.7 Å². The van der Waals surface area contributed by atoms with Crippen LogP contribution in [-0.4, -0.2) is 72.7 Å². The van der Waals surface area contributed by atoms with Gasteiger partial charge in [-0.25, -0.2) is 4.98 Å².